The summed E-state index contributed by atoms with van der Waals surface area (Å²) in [5.41, 5.74) is -1.47. The maximum atomic E-state index is 12.0. The van der Waals surface area contributed by atoms with Crippen molar-refractivity contribution in [3.8, 4) is 0 Å². The van der Waals surface area contributed by atoms with Crippen molar-refractivity contribution in [3.63, 3.8) is 0 Å². The van der Waals surface area contributed by atoms with E-state index < -0.39 is 17.4 Å². The number of aliphatic hydroxyl groups is 1. The van der Waals surface area contributed by atoms with Gasteiger partial charge in [0.05, 0.1) is 6.61 Å². The largest absolute Gasteiger partial charge is 0.480 e. The summed E-state index contributed by atoms with van der Waals surface area (Å²) in [6.07, 6.45) is 1.45. The van der Waals surface area contributed by atoms with Crippen LogP contribution in [-0.2, 0) is 14.3 Å². The molecule has 0 fully saturated rings. The number of carboxylic acids is 1. The number of hydrogen-bond acceptors (Lipinski definition) is 4. The SMILES string of the molecule is CCOC(=O)C(CCCCO)(CC(C)C)C(=O)O. The van der Waals surface area contributed by atoms with Crippen molar-refractivity contribution < 1.29 is 24.5 Å². The minimum absolute atomic E-state index is 0.000201. The van der Waals surface area contributed by atoms with Crippen LogP contribution in [0.25, 0.3) is 0 Å². The molecule has 0 rings (SSSR count). The fourth-order valence-electron chi connectivity index (χ4n) is 2.07. The Kier molecular flexibility index (Phi) is 7.59. The van der Waals surface area contributed by atoms with Crippen molar-refractivity contribution in [1.29, 1.82) is 0 Å². The van der Waals surface area contributed by atoms with Gasteiger partial charge in [0.15, 0.2) is 5.41 Å². The van der Waals surface area contributed by atoms with Crippen LogP contribution in [-0.4, -0.2) is 35.4 Å². The van der Waals surface area contributed by atoms with E-state index in [9.17, 15) is 14.7 Å². The number of ether oxygens (including phenoxy) is 1. The predicted molar refractivity (Wildman–Crippen MR) is 67.1 cm³/mol. The second kappa shape index (κ2) is 8.08. The smallest absolute Gasteiger partial charge is 0.323 e. The summed E-state index contributed by atoms with van der Waals surface area (Å²) in [7, 11) is 0. The highest BCUT2D eigenvalue weighted by atomic mass is 16.5. The maximum absolute atomic E-state index is 12.0. The fraction of sp³-hybridized carbons (Fsp3) is 0.846. The number of unbranched alkanes of at least 4 members (excludes halogenated alkanes) is 1. The molecule has 0 aromatic rings. The van der Waals surface area contributed by atoms with Crippen molar-refractivity contribution in [3.05, 3.63) is 0 Å². The average Bonchev–Trinajstić information content (AvgIpc) is 2.27. The van der Waals surface area contributed by atoms with Crippen molar-refractivity contribution >= 4 is 11.9 Å². The third-order valence-electron chi connectivity index (χ3n) is 2.84. The number of aliphatic carboxylic acids is 1. The Morgan fingerprint density at radius 1 is 1.28 bits per heavy atom. The summed E-state index contributed by atoms with van der Waals surface area (Å²) in [4.78, 5) is 23.5. The summed E-state index contributed by atoms with van der Waals surface area (Å²) in [5.74, 6) is -1.71. The standard InChI is InChI=1S/C13H24O5/c1-4-18-12(17)13(11(15)16,9-10(2)3)7-5-6-8-14/h10,14H,4-9H2,1-3H3,(H,15,16). The monoisotopic (exact) mass is 260 g/mol. The molecule has 106 valence electrons. The van der Waals surface area contributed by atoms with Gasteiger partial charge in [-0.05, 0) is 38.5 Å². The zero-order valence-corrected chi connectivity index (χ0v) is 11.4. The molecule has 1 atom stereocenters. The van der Waals surface area contributed by atoms with Gasteiger partial charge in [0, 0.05) is 6.61 Å². The number of esters is 1. The van der Waals surface area contributed by atoms with Gasteiger partial charge in [-0.1, -0.05) is 13.8 Å². The van der Waals surface area contributed by atoms with E-state index >= 15 is 0 Å². The fourth-order valence-corrected chi connectivity index (χ4v) is 2.07. The Morgan fingerprint density at radius 3 is 2.28 bits per heavy atom. The second-order valence-electron chi connectivity index (χ2n) is 4.89. The first-order valence-electron chi connectivity index (χ1n) is 6.42. The first-order chi connectivity index (χ1) is 8.40. The molecule has 1 unspecified atom stereocenters. The van der Waals surface area contributed by atoms with E-state index in [4.69, 9.17) is 9.84 Å². The van der Waals surface area contributed by atoms with Gasteiger partial charge < -0.3 is 14.9 Å². The number of aliphatic hydroxyl groups excluding tert-OH is 1. The highest BCUT2D eigenvalue weighted by Gasteiger charge is 2.47. The molecule has 0 aliphatic rings. The van der Waals surface area contributed by atoms with Crippen LogP contribution in [0.15, 0.2) is 0 Å². The number of hydrogen-bond donors (Lipinski definition) is 2. The lowest BCUT2D eigenvalue weighted by atomic mass is 9.76. The lowest BCUT2D eigenvalue weighted by Crippen LogP contribution is -2.42. The summed E-state index contributed by atoms with van der Waals surface area (Å²) in [6.45, 7) is 5.59. The number of rotatable bonds is 9. The van der Waals surface area contributed by atoms with E-state index in [2.05, 4.69) is 0 Å². The van der Waals surface area contributed by atoms with Crippen LogP contribution in [0.2, 0.25) is 0 Å². The molecule has 0 aromatic heterocycles. The first-order valence-corrected chi connectivity index (χ1v) is 6.42. The minimum atomic E-state index is -1.47. The number of carbonyl (C=O) groups excluding carboxylic acids is 1. The van der Waals surface area contributed by atoms with E-state index in [0.29, 0.717) is 12.8 Å². The van der Waals surface area contributed by atoms with Crippen LogP contribution < -0.4 is 0 Å². The Morgan fingerprint density at radius 2 is 1.89 bits per heavy atom. The molecule has 0 bridgehead atoms. The molecule has 0 saturated heterocycles. The predicted octanol–water partition coefficient (Wildman–Crippen LogP) is 1.83. The zero-order chi connectivity index (χ0) is 14.2. The highest BCUT2D eigenvalue weighted by Crippen LogP contribution is 2.34. The molecule has 0 aliphatic heterocycles. The summed E-state index contributed by atoms with van der Waals surface area (Å²) < 4.78 is 4.92. The van der Waals surface area contributed by atoms with Crippen LogP contribution in [0.4, 0.5) is 0 Å². The van der Waals surface area contributed by atoms with Crippen LogP contribution in [0.3, 0.4) is 0 Å². The van der Waals surface area contributed by atoms with E-state index in [1.165, 1.54) is 0 Å². The average molecular weight is 260 g/mol. The summed E-state index contributed by atoms with van der Waals surface area (Å²) in [5, 5.41) is 18.2. The van der Waals surface area contributed by atoms with Gasteiger partial charge >= 0.3 is 11.9 Å². The molecule has 5 nitrogen and oxygen atoms in total. The maximum Gasteiger partial charge on any atom is 0.323 e. The van der Waals surface area contributed by atoms with E-state index in [1.54, 1.807) is 6.92 Å². The highest BCUT2D eigenvalue weighted by molar-refractivity contribution is 5.99. The molecule has 0 amide bonds. The van der Waals surface area contributed by atoms with Gasteiger partial charge in [0.25, 0.3) is 0 Å². The van der Waals surface area contributed by atoms with Gasteiger partial charge in [0.1, 0.15) is 0 Å². The molecular weight excluding hydrogens is 236 g/mol. The molecule has 18 heavy (non-hydrogen) atoms. The Balaban J connectivity index is 5.02. The third-order valence-corrected chi connectivity index (χ3v) is 2.84. The Bertz CT molecular complexity index is 275. The van der Waals surface area contributed by atoms with Gasteiger partial charge in [-0.25, -0.2) is 0 Å². The van der Waals surface area contributed by atoms with Gasteiger partial charge in [0.2, 0.25) is 0 Å². The van der Waals surface area contributed by atoms with E-state index in [0.717, 1.165) is 0 Å². The molecule has 0 aliphatic carbocycles. The molecule has 0 aromatic carbocycles. The van der Waals surface area contributed by atoms with E-state index in [1.807, 2.05) is 13.8 Å². The molecule has 0 spiro atoms. The van der Waals surface area contributed by atoms with Crippen molar-refractivity contribution in [2.75, 3.05) is 13.2 Å². The topological polar surface area (TPSA) is 83.8 Å². The summed E-state index contributed by atoms with van der Waals surface area (Å²) in [6, 6.07) is 0. The van der Waals surface area contributed by atoms with Gasteiger partial charge in [-0.3, -0.25) is 9.59 Å². The third kappa shape index (κ3) is 4.64. The van der Waals surface area contributed by atoms with Crippen LogP contribution >= 0.6 is 0 Å². The van der Waals surface area contributed by atoms with Crippen molar-refractivity contribution in [1.82, 2.24) is 0 Å². The molecule has 5 heteroatoms. The first kappa shape index (κ1) is 16.9. The summed E-state index contributed by atoms with van der Waals surface area (Å²) >= 11 is 0. The van der Waals surface area contributed by atoms with Crippen molar-refractivity contribution in [2.24, 2.45) is 11.3 Å². The van der Waals surface area contributed by atoms with Crippen molar-refractivity contribution in [2.45, 2.75) is 46.5 Å². The normalized spacial score (nSPS) is 14.3. The molecular formula is C13H24O5. The minimum Gasteiger partial charge on any atom is -0.480 e. The van der Waals surface area contributed by atoms with Gasteiger partial charge in [-0.2, -0.15) is 0 Å². The number of carbonyl (C=O) groups is 2. The molecule has 0 heterocycles. The van der Waals surface area contributed by atoms with Crippen LogP contribution in [0, 0.1) is 11.3 Å². The molecule has 0 saturated carbocycles. The Labute approximate surface area is 108 Å². The quantitative estimate of drug-likeness (QED) is 0.375. The lowest BCUT2D eigenvalue weighted by molar-refractivity contribution is -0.170. The number of carboxylic acid groups (broad SMARTS) is 1. The van der Waals surface area contributed by atoms with Crippen LogP contribution in [0.1, 0.15) is 46.5 Å². The molecule has 0 radical (unpaired) electrons. The van der Waals surface area contributed by atoms with Crippen LogP contribution in [0.5, 0.6) is 0 Å². The van der Waals surface area contributed by atoms with Gasteiger partial charge in [-0.15, -0.1) is 0 Å². The zero-order valence-electron chi connectivity index (χ0n) is 11.4. The lowest BCUT2D eigenvalue weighted by Gasteiger charge is -2.28. The second-order valence-corrected chi connectivity index (χ2v) is 4.89. The Hall–Kier alpha value is -1.10. The molecule has 2 N–H and O–H groups in total. The van der Waals surface area contributed by atoms with E-state index in [-0.39, 0.29) is 32.0 Å².